The molecule has 0 heterocycles. The summed E-state index contributed by atoms with van der Waals surface area (Å²) in [5.74, 6) is 0. The first-order valence-electron chi connectivity index (χ1n) is 8.00. The molecule has 1 N–H and O–H groups in total. The number of nitrogens with zero attached hydrogens (tertiary/aromatic N) is 1. The third kappa shape index (κ3) is 16.0. The molecule has 0 aliphatic carbocycles. The van der Waals surface area contributed by atoms with Crippen LogP contribution in [-0.4, -0.2) is 91.0 Å². The van der Waals surface area contributed by atoms with Crippen molar-refractivity contribution in [1.82, 2.24) is 10.2 Å². The Morgan fingerprint density at radius 3 is 1.76 bits per heavy atom. The number of hydrogen-bond acceptors (Lipinski definition) is 6. The number of methoxy groups -OCH3 is 1. The molecule has 0 unspecified atom stereocenters. The molecule has 0 aromatic heterocycles. The molecule has 0 bridgehead atoms. The van der Waals surface area contributed by atoms with E-state index in [1.165, 1.54) is 0 Å². The minimum absolute atomic E-state index is 0.606. The van der Waals surface area contributed by atoms with Crippen LogP contribution in [-0.2, 0) is 18.9 Å². The molecule has 0 aliphatic rings. The van der Waals surface area contributed by atoms with E-state index in [9.17, 15) is 0 Å². The van der Waals surface area contributed by atoms with Gasteiger partial charge in [-0.25, -0.2) is 0 Å². The summed E-state index contributed by atoms with van der Waals surface area (Å²) in [7, 11) is 1.66. The number of ether oxygens (including phenoxy) is 4. The van der Waals surface area contributed by atoms with Gasteiger partial charge in [0.2, 0.25) is 0 Å². The molecular weight excluding hydrogens is 272 g/mol. The largest absolute Gasteiger partial charge is 0.382 e. The molecule has 0 spiro atoms. The summed E-state index contributed by atoms with van der Waals surface area (Å²) >= 11 is 0. The SMILES string of the molecule is CCN(CC)CCNCCOCCOCCOCCOC. The van der Waals surface area contributed by atoms with Crippen LogP contribution in [0.5, 0.6) is 0 Å². The Morgan fingerprint density at radius 1 is 0.714 bits per heavy atom. The first-order valence-corrected chi connectivity index (χ1v) is 8.00. The molecule has 21 heavy (non-hydrogen) atoms. The number of nitrogens with one attached hydrogen (secondary N) is 1. The fraction of sp³-hybridized carbons (Fsp3) is 1.00. The van der Waals surface area contributed by atoms with Crippen LogP contribution in [0, 0.1) is 0 Å². The predicted molar refractivity (Wildman–Crippen MR) is 85.0 cm³/mol. The van der Waals surface area contributed by atoms with Crippen LogP contribution in [0.4, 0.5) is 0 Å². The van der Waals surface area contributed by atoms with E-state index in [2.05, 4.69) is 24.1 Å². The van der Waals surface area contributed by atoms with Gasteiger partial charge in [-0.15, -0.1) is 0 Å². The number of hydrogen-bond donors (Lipinski definition) is 1. The molecule has 0 rings (SSSR count). The van der Waals surface area contributed by atoms with Crippen molar-refractivity contribution in [3.05, 3.63) is 0 Å². The first kappa shape index (κ1) is 20.8. The van der Waals surface area contributed by atoms with Crippen molar-refractivity contribution in [1.29, 1.82) is 0 Å². The van der Waals surface area contributed by atoms with Gasteiger partial charge in [0.1, 0.15) is 0 Å². The molecule has 0 aliphatic heterocycles. The highest BCUT2D eigenvalue weighted by molar-refractivity contribution is 4.55. The predicted octanol–water partition coefficient (Wildman–Crippen LogP) is 0.614. The van der Waals surface area contributed by atoms with Crippen molar-refractivity contribution >= 4 is 0 Å². The highest BCUT2D eigenvalue weighted by Crippen LogP contribution is 1.84. The Balaban J connectivity index is 3.02. The summed E-state index contributed by atoms with van der Waals surface area (Å²) in [5, 5.41) is 3.38. The van der Waals surface area contributed by atoms with Gasteiger partial charge in [0.05, 0.1) is 46.2 Å². The average molecular weight is 306 g/mol. The smallest absolute Gasteiger partial charge is 0.0701 e. The molecule has 0 atom stereocenters. The normalized spacial score (nSPS) is 11.4. The summed E-state index contributed by atoms with van der Waals surface area (Å²) in [6.07, 6.45) is 0. The molecule has 128 valence electrons. The maximum atomic E-state index is 5.48. The Bertz CT molecular complexity index is 193. The van der Waals surface area contributed by atoms with E-state index in [1.54, 1.807) is 7.11 Å². The maximum absolute atomic E-state index is 5.48. The second-order valence-corrected chi connectivity index (χ2v) is 4.61. The Hall–Kier alpha value is -0.240. The summed E-state index contributed by atoms with van der Waals surface area (Å²) < 4.78 is 21.0. The minimum atomic E-state index is 0.606. The molecule has 0 radical (unpaired) electrons. The van der Waals surface area contributed by atoms with Gasteiger partial charge in [-0.05, 0) is 13.1 Å². The van der Waals surface area contributed by atoms with E-state index in [1.807, 2.05) is 0 Å². The standard InChI is InChI=1S/C15H34N2O4/c1-4-17(5-2)8-6-16-7-9-19-12-13-21-15-14-20-11-10-18-3/h16H,4-15H2,1-3H3. The van der Waals surface area contributed by atoms with Crippen LogP contribution >= 0.6 is 0 Å². The molecule has 0 amide bonds. The summed E-state index contributed by atoms with van der Waals surface area (Å²) in [4.78, 5) is 2.40. The molecule has 0 aromatic carbocycles. The van der Waals surface area contributed by atoms with Crippen LogP contribution in [0.25, 0.3) is 0 Å². The lowest BCUT2D eigenvalue weighted by atomic mass is 10.4. The zero-order chi connectivity index (χ0) is 15.6. The Kier molecular flexibility index (Phi) is 17.6. The number of rotatable bonds is 17. The van der Waals surface area contributed by atoms with Crippen LogP contribution in [0.1, 0.15) is 13.8 Å². The molecule has 6 heteroatoms. The molecular formula is C15H34N2O4. The average Bonchev–Trinajstić information content (AvgIpc) is 2.51. The third-order valence-corrected chi connectivity index (χ3v) is 3.10. The van der Waals surface area contributed by atoms with Crippen molar-refractivity contribution in [2.24, 2.45) is 0 Å². The van der Waals surface area contributed by atoms with Crippen LogP contribution in [0.15, 0.2) is 0 Å². The maximum Gasteiger partial charge on any atom is 0.0701 e. The highest BCUT2D eigenvalue weighted by Gasteiger charge is 1.97. The summed E-state index contributed by atoms with van der Waals surface area (Å²) in [5.41, 5.74) is 0. The second-order valence-electron chi connectivity index (χ2n) is 4.61. The van der Waals surface area contributed by atoms with Gasteiger partial charge in [-0.3, -0.25) is 0 Å². The summed E-state index contributed by atoms with van der Waals surface area (Å²) in [6, 6.07) is 0. The Labute approximate surface area is 130 Å². The van der Waals surface area contributed by atoms with E-state index >= 15 is 0 Å². The molecule has 0 saturated carbocycles. The fourth-order valence-corrected chi connectivity index (χ4v) is 1.73. The van der Waals surface area contributed by atoms with Gasteiger partial charge < -0.3 is 29.2 Å². The quantitative estimate of drug-likeness (QED) is 0.398. The van der Waals surface area contributed by atoms with Gasteiger partial charge in [0, 0.05) is 26.7 Å². The monoisotopic (exact) mass is 306 g/mol. The molecule has 6 nitrogen and oxygen atoms in total. The van der Waals surface area contributed by atoms with Gasteiger partial charge in [0.25, 0.3) is 0 Å². The van der Waals surface area contributed by atoms with Crippen molar-refractivity contribution in [3.8, 4) is 0 Å². The highest BCUT2D eigenvalue weighted by atomic mass is 16.6. The number of likely N-dealkylation sites (N-methyl/N-ethyl adjacent to an activating group) is 1. The van der Waals surface area contributed by atoms with E-state index < -0.39 is 0 Å². The topological polar surface area (TPSA) is 52.2 Å². The van der Waals surface area contributed by atoms with Gasteiger partial charge in [-0.2, -0.15) is 0 Å². The van der Waals surface area contributed by atoms with Gasteiger partial charge in [0.15, 0.2) is 0 Å². The van der Waals surface area contributed by atoms with E-state index in [0.717, 1.165) is 39.3 Å². The van der Waals surface area contributed by atoms with E-state index in [0.29, 0.717) is 39.6 Å². The fourth-order valence-electron chi connectivity index (χ4n) is 1.73. The lowest BCUT2D eigenvalue weighted by Gasteiger charge is -2.17. The van der Waals surface area contributed by atoms with Crippen molar-refractivity contribution < 1.29 is 18.9 Å². The lowest BCUT2D eigenvalue weighted by molar-refractivity contribution is 0.00409. The zero-order valence-corrected chi connectivity index (χ0v) is 14.1. The lowest BCUT2D eigenvalue weighted by Crippen LogP contribution is -2.33. The first-order chi connectivity index (χ1) is 10.3. The van der Waals surface area contributed by atoms with Crippen LogP contribution in [0.3, 0.4) is 0 Å². The third-order valence-electron chi connectivity index (χ3n) is 3.10. The van der Waals surface area contributed by atoms with Crippen molar-refractivity contribution in [2.75, 3.05) is 86.1 Å². The molecule has 0 saturated heterocycles. The summed E-state index contributed by atoms with van der Waals surface area (Å²) in [6.45, 7) is 14.0. The van der Waals surface area contributed by atoms with Crippen molar-refractivity contribution in [3.63, 3.8) is 0 Å². The zero-order valence-electron chi connectivity index (χ0n) is 14.1. The second kappa shape index (κ2) is 17.8. The van der Waals surface area contributed by atoms with Crippen LogP contribution < -0.4 is 5.32 Å². The molecule has 0 aromatic rings. The molecule has 0 fully saturated rings. The van der Waals surface area contributed by atoms with Gasteiger partial charge in [-0.1, -0.05) is 13.8 Å². The van der Waals surface area contributed by atoms with E-state index in [-0.39, 0.29) is 0 Å². The van der Waals surface area contributed by atoms with Crippen molar-refractivity contribution in [2.45, 2.75) is 13.8 Å². The minimum Gasteiger partial charge on any atom is -0.382 e. The Morgan fingerprint density at radius 2 is 1.24 bits per heavy atom. The van der Waals surface area contributed by atoms with Crippen LogP contribution in [0.2, 0.25) is 0 Å². The van der Waals surface area contributed by atoms with Gasteiger partial charge >= 0.3 is 0 Å². The van der Waals surface area contributed by atoms with E-state index in [4.69, 9.17) is 18.9 Å².